The van der Waals surface area contributed by atoms with Crippen LogP contribution in [0.15, 0.2) is 67.0 Å². The summed E-state index contributed by atoms with van der Waals surface area (Å²) >= 11 is 0. The lowest BCUT2D eigenvalue weighted by Gasteiger charge is -2.16. The minimum absolute atomic E-state index is 0.000887. The summed E-state index contributed by atoms with van der Waals surface area (Å²) in [6.45, 7) is 2.85. The van der Waals surface area contributed by atoms with E-state index in [1.165, 1.54) is 0 Å². The first-order valence-electron chi connectivity index (χ1n) is 10.6. The number of hydrogen-bond donors (Lipinski definition) is 4. The molecular formula is C25H29N5O2. The summed E-state index contributed by atoms with van der Waals surface area (Å²) in [4.78, 5) is 12.9. The van der Waals surface area contributed by atoms with E-state index < -0.39 is 11.9 Å². The third kappa shape index (κ3) is 5.43. The molecule has 7 heteroatoms. The van der Waals surface area contributed by atoms with Crippen molar-refractivity contribution in [2.75, 3.05) is 6.61 Å². The normalized spacial score (nSPS) is 11.7. The van der Waals surface area contributed by atoms with E-state index in [1.807, 2.05) is 66.2 Å². The van der Waals surface area contributed by atoms with Crippen molar-refractivity contribution in [3.05, 3.63) is 94.8 Å². The van der Waals surface area contributed by atoms with Crippen molar-refractivity contribution in [3.63, 3.8) is 0 Å². The molecule has 0 fully saturated rings. The van der Waals surface area contributed by atoms with Crippen LogP contribution in [0.5, 0.6) is 0 Å². The third-order valence-corrected chi connectivity index (χ3v) is 5.22. The first-order valence-corrected chi connectivity index (χ1v) is 10.6. The van der Waals surface area contributed by atoms with Gasteiger partial charge in [0, 0.05) is 24.5 Å². The minimum Gasteiger partial charge on any atom is -0.462 e. The predicted octanol–water partition coefficient (Wildman–Crippen LogP) is 3.85. The number of ether oxygens (including phenoxy) is 1. The summed E-state index contributed by atoms with van der Waals surface area (Å²) in [6.07, 6.45) is 5.29. The Morgan fingerprint density at radius 1 is 1.06 bits per heavy atom. The molecular weight excluding hydrogens is 402 g/mol. The van der Waals surface area contributed by atoms with E-state index in [9.17, 15) is 4.79 Å². The van der Waals surface area contributed by atoms with E-state index >= 15 is 0 Å². The molecule has 3 rings (SSSR count). The van der Waals surface area contributed by atoms with E-state index in [0.717, 1.165) is 24.0 Å². The topological polar surface area (TPSA) is 131 Å². The summed E-state index contributed by atoms with van der Waals surface area (Å²) in [5.41, 5.74) is 15.0. The van der Waals surface area contributed by atoms with Crippen LogP contribution in [-0.2, 0) is 11.3 Å². The number of aromatic nitrogens is 1. The second-order valence-electron chi connectivity index (χ2n) is 7.70. The van der Waals surface area contributed by atoms with Crippen LogP contribution >= 0.6 is 0 Å². The van der Waals surface area contributed by atoms with Gasteiger partial charge in [-0.3, -0.25) is 10.8 Å². The highest BCUT2D eigenvalue weighted by atomic mass is 16.5. The number of benzene rings is 2. The van der Waals surface area contributed by atoms with Gasteiger partial charge in [0.05, 0.1) is 18.1 Å². The Labute approximate surface area is 188 Å². The van der Waals surface area contributed by atoms with Crippen molar-refractivity contribution in [3.8, 4) is 0 Å². The molecule has 2 aromatic carbocycles. The zero-order chi connectivity index (χ0) is 23.1. The largest absolute Gasteiger partial charge is 0.462 e. The highest BCUT2D eigenvalue weighted by Crippen LogP contribution is 2.29. The highest BCUT2D eigenvalue weighted by molar-refractivity contribution is 5.96. The van der Waals surface area contributed by atoms with Crippen LogP contribution in [0.4, 0.5) is 0 Å². The van der Waals surface area contributed by atoms with Crippen molar-refractivity contribution >= 4 is 17.6 Å². The molecule has 0 aliphatic heterocycles. The number of nitrogens with two attached hydrogens (primary N) is 2. The number of hydrogen-bond acceptors (Lipinski definition) is 4. The van der Waals surface area contributed by atoms with Gasteiger partial charge in [-0.1, -0.05) is 61.9 Å². The first-order chi connectivity index (χ1) is 15.4. The summed E-state index contributed by atoms with van der Waals surface area (Å²) in [5, 5.41) is 15.9. The number of nitrogen functional groups attached to an aromatic ring is 1. The van der Waals surface area contributed by atoms with Crippen molar-refractivity contribution < 1.29 is 9.53 Å². The second kappa shape index (κ2) is 10.4. The van der Waals surface area contributed by atoms with Crippen molar-refractivity contribution in [2.45, 2.75) is 32.2 Å². The Kier molecular flexibility index (Phi) is 7.44. The number of carbonyl (C=O) groups excluding carboxylic acids is 1. The smallest absolute Gasteiger partial charge is 0.339 e. The van der Waals surface area contributed by atoms with E-state index in [1.54, 1.807) is 12.3 Å². The molecule has 1 atom stereocenters. The maximum absolute atomic E-state index is 12.9. The molecule has 6 N–H and O–H groups in total. The highest BCUT2D eigenvalue weighted by Gasteiger charge is 2.26. The fraction of sp³-hybridized carbons (Fsp3) is 0.240. The summed E-state index contributed by atoms with van der Waals surface area (Å²) in [5.74, 6) is -1.03. The second-order valence-corrected chi connectivity index (χ2v) is 7.70. The van der Waals surface area contributed by atoms with Crippen LogP contribution in [0.25, 0.3) is 0 Å². The minimum atomic E-state index is -0.560. The van der Waals surface area contributed by atoms with Gasteiger partial charge in [-0.05, 0) is 29.2 Å². The first kappa shape index (κ1) is 22.8. The summed E-state index contributed by atoms with van der Waals surface area (Å²) in [6, 6.07) is 16.9. The van der Waals surface area contributed by atoms with Gasteiger partial charge in [0.15, 0.2) is 0 Å². The molecule has 166 valence electrons. The predicted molar refractivity (Wildman–Crippen MR) is 126 cm³/mol. The molecule has 0 amide bonds. The molecule has 0 saturated heterocycles. The van der Waals surface area contributed by atoms with Crippen LogP contribution in [0.3, 0.4) is 0 Å². The lowest BCUT2D eigenvalue weighted by molar-refractivity contribution is 0.0498. The maximum atomic E-state index is 12.9. The Bertz CT molecular complexity index is 1100. The summed E-state index contributed by atoms with van der Waals surface area (Å²) in [7, 11) is 0. The quantitative estimate of drug-likeness (QED) is 0.168. The van der Waals surface area contributed by atoms with Crippen molar-refractivity contribution in [1.82, 2.24) is 4.57 Å². The fourth-order valence-electron chi connectivity index (χ4n) is 3.62. The van der Waals surface area contributed by atoms with Crippen LogP contribution in [0, 0.1) is 10.8 Å². The van der Waals surface area contributed by atoms with Crippen molar-refractivity contribution in [1.29, 1.82) is 10.8 Å². The van der Waals surface area contributed by atoms with Gasteiger partial charge < -0.3 is 20.8 Å². The number of nitrogens with zero attached hydrogens (tertiary/aromatic N) is 1. The number of esters is 1. The van der Waals surface area contributed by atoms with E-state index in [0.29, 0.717) is 29.8 Å². The average molecular weight is 432 g/mol. The molecule has 7 nitrogen and oxygen atoms in total. The molecule has 1 heterocycles. The number of amidine groups is 2. The number of nitrogens with one attached hydrogen (secondary N) is 2. The van der Waals surface area contributed by atoms with E-state index in [2.05, 4.69) is 0 Å². The number of rotatable bonds is 10. The molecule has 1 aromatic heterocycles. The van der Waals surface area contributed by atoms with Gasteiger partial charge >= 0.3 is 5.97 Å². The van der Waals surface area contributed by atoms with Crippen LogP contribution in [0.1, 0.15) is 58.3 Å². The Balaban J connectivity index is 2.01. The van der Waals surface area contributed by atoms with Crippen molar-refractivity contribution in [2.24, 2.45) is 11.5 Å². The number of carbonyl (C=O) groups is 1. The fourth-order valence-corrected chi connectivity index (χ4v) is 3.62. The average Bonchev–Trinajstić information content (AvgIpc) is 3.17. The Morgan fingerprint density at radius 2 is 1.81 bits per heavy atom. The Morgan fingerprint density at radius 3 is 2.47 bits per heavy atom. The van der Waals surface area contributed by atoms with E-state index in [-0.39, 0.29) is 11.7 Å². The number of unbranched alkanes of at least 4 members (excludes halogenated alkanes) is 1. The lowest BCUT2D eigenvalue weighted by Crippen LogP contribution is -2.23. The SMILES string of the molecule is CCCCOC(=O)c1cn(Cc2cccc(C(=N)N)c2)cc1C(C(=N)N)c1ccccc1. The van der Waals surface area contributed by atoms with Gasteiger partial charge in [0.1, 0.15) is 11.7 Å². The Hall–Kier alpha value is -3.87. The molecule has 0 saturated carbocycles. The molecule has 1 unspecified atom stereocenters. The third-order valence-electron chi connectivity index (χ3n) is 5.22. The molecule has 32 heavy (non-hydrogen) atoms. The lowest BCUT2D eigenvalue weighted by atomic mass is 9.90. The standard InChI is InChI=1S/C25H29N5O2/c1-2-3-12-32-25(31)21-16-30(14-17-8-7-11-19(13-17)23(26)27)15-20(21)22(24(28)29)18-9-5-4-6-10-18/h4-11,13,15-16,22H,2-3,12,14H2,1H3,(H3,26,27)(H3,28,29). The van der Waals surface area contributed by atoms with Gasteiger partial charge in [0.25, 0.3) is 0 Å². The van der Waals surface area contributed by atoms with Crippen LogP contribution < -0.4 is 11.5 Å². The van der Waals surface area contributed by atoms with Gasteiger partial charge in [-0.15, -0.1) is 0 Å². The van der Waals surface area contributed by atoms with Crippen LogP contribution in [-0.4, -0.2) is 28.8 Å². The zero-order valence-electron chi connectivity index (χ0n) is 18.2. The van der Waals surface area contributed by atoms with Gasteiger partial charge in [-0.25, -0.2) is 4.79 Å². The van der Waals surface area contributed by atoms with Gasteiger partial charge in [-0.2, -0.15) is 0 Å². The van der Waals surface area contributed by atoms with E-state index in [4.69, 9.17) is 27.0 Å². The summed E-state index contributed by atoms with van der Waals surface area (Å²) < 4.78 is 7.36. The molecule has 0 aliphatic rings. The van der Waals surface area contributed by atoms with Crippen LogP contribution in [0.2, 0.25) is 0 Å². The van der Waals surface area contributed by atoms with Gasteiger partial charge in [0.2, 0.25) is 0 Å². The maximum Gasteiger partial charge on any atom is 0.339 e. The molecule has 0 aliphatic carbocycles. The molecule has 3 aromatic rings. The molecule has 0 spiro atoms. The molecule has 0 bridgehead atoms. The zero-order valence-corrected chi connectivity index (χ0v) is 18.2. The molecule has 0 radical (unpaired) electrons. The monoisotopic (exact) mass is 431 g/mol.